The highest BCUT2D eigenvalue weighted by Crippen LogP contribution is 2.41. The topological polar surface area (TPSA) is 41.1 Å². The summed E-state index contributed by atoms with van der Waals surface area (Å²) in [5.41, 5.74) is 2.71. The zero-order chi connectivity index (χ0) is 17.4. The summed E-state index contributed by atoms with van der Waals surface area (Å²) in [6.07, 6.45) is 0.384. The average molecular weight is 358 g/mol. The van der Waals surface area contributed by atoms with Crippen molar-refractivity contribution in [3.63, 3.8) is 0 Å². The van der Waals surface area contributed by atoms with Crippen LogP contribution in [0.3, 0.4) is 0 Å². The number of hydrogen-bond donors (Lipinski definition) is 2. The Balaban J connectivity index is 1.48. The van der Waals surface area contributed by atoms with Crippen molar-refractivity contribution < 1.29 is 13.6 Å². The summed E-state index contributed by atoms with van der Waals surface area (Å²) >= 11 is 1.57. The lowest BCUT2D eigenvalue weighted by Gasteiger charge is -2.34. The summed E-state index contributed by atoms with van der Waals surface area (Å²) in [7, 11) is 0. The van der Waals surface area contributed by atoms with Crippen molar-refractivity contribution in [1.82, 2.24) is 10.6 Å². The lowest BCUT2D eigenvalue weighted by atomic mass is 9.91. The van der Waals surface area contributed by atoms with E-state index in [1.165, 1.54) is 24.3 Å². The van der Waals surface area contributed by atoms with Crippen LogP contribution >= 0.6 is 11.8 Å². The molecule has 25 heavy (non-hydrogen) atoms. The predicted octanol–water partition coefficient (Wildman–Crippen LogP) is 3.28. The maximum absolute atomic E-state index is 13.1. The second-order valence-electron chi connectivity index (χ2n) is 6.17. The smallest absolute Gasteiger partial charge is 0.231 e. The normalized spacial score (nSPS) is 25.3. The fourth-order valence-electron chi connectivity index (χ4n) is 3.23. The summed E-state index contributed by atoms with van der Waals surface area (Å²) in [4.78, 5) is 12.6. The van der Waals surface area contributed by atoms with Gasteiger partial charge in [0.25, 0.3) is 0 Å². The number of carbonyl (C=O) groups excluding carboxylic acids is 1. The highest BCUT2D eigenvalue weighted by Gasteiger charge is 2.42. The number of rotatable bonds is 3. The predicted molar refractivity (Wildman–Crippen MR) is 94.4 cm³/mol. The molecule has 0 aliphatic carbocycles. The summed E-state index contributed by atoms with van der Waals surface area (Å²) in [5.74, 6) is -0.919. The van der Waals surface area contributed by atoms with Crippen molar-refractivity contribution in [3.05, 3.63) is 76.7 Å². The first kappa shape index (κ1) is 16.3. The first-order valence-electron chi connectivity index (χ1n) is 8.02. The van der Waals surface area contributed by atoms with E-state index in [9.17, 15) is 13.6 Å². The minimum Gasteiger partial charge on any atom is -0.340 e. The number of carbonyl (C=O) groups is 1. The molecule has 3 nitrogen and oxygen atoms in total. The number of benzene rings is 2. The van der Waals surface area contributed by atoms with Crippen LogP contribution in [-0.2, 0) is 11.2 Å². The van der Waals surface area contributed by atoms with Gasteiger partial charge in [0.15, 0.2) is 0 Å². The van der Waals surface area contributed by atoms with E-state index in [0.717, 1.165) is 16.7 Å². The summed E-state index contributed by atoms with van der Waals surface area (Å²) < 4.78 is 26.1. The SMILES string of the molecule is O=C1NC(Cc2ccc(F)cc2)NC2SC=C(c3ccc(F)cc3)C12. The Labute approximate surface area is 148 Å². The molecule has 128 valence electrons. The zero-order valence-corrected chi connectivity index (χ0v) is 14.0. The van der Waals surface area contributed by atoms with Gasteiger partial charge in [0.2, 0.25) is 5.91 Å². The van der Waals surface area contributed by atoms with E-state index in [4.69, 9.17) is 0 Å². The minimum absolute atomic E-state index is 0.0450. The Morgan fingerprint density at radius 1 is 0.960 bits per heavy atom. The highest BCUT2D eigenvalue weighted by atomic mass is 32.2. The van der Waals surface area contributed by atoms with Crippen LogP contribution in [0.5, 0.6) is 0 Å². The second-order valence-corrected chi connectivity index (χ2v) is 7.19. The molecule has 0 radical (unpaired) electrons. The van der Waals surface area contributed by atoms with E-state index < -0.39 is 0 Å². The molecule has 0 spiro atoms. The Bertz CT molecular complexity index is 820. The zero-order valence-electron chi connectivity index (χ0n) is 13.2. The van der Waals surface area contributed by atoms with Crippen molar-refractivity contribution in [3.8, 4) is 0 Å². The van der Waals surface area contributed by atoms with Crippen LogP contribution in [0, 0.1) is 17.6 Å². The van der Waals surface area contributed by atoms with Crippen molar-refractivity contribution >= 4 is 23.2 Å². The molecular formula is C19H16F2N2OS. The summed E-state index contributed by atoms with van der Waals surface area (Å²) in [6.45, 7) is 0. The molecule has 2 aromatic carbocycles. The van der Waals surface area contributed by atoms with Gasteiger partial charge in [-0.3, -0.25) is 10.1 Å². The quantitative estimate of drug-likeness (QED) is 0.885. The molecule has 2 aromatic rings. The fraction of sp³-hybridized carbons (Fsp3) is 0.211. The van der Waals surface area contributed by atoms with Crippen molar-refractivity contribution in [2.75, 3.05) is 0 Å². The monoisotopic (exact) mass is 358 g/mol. The van der Waals surface area contributed by atoms with E-state index in [0.29, 0.717) is 6.42 Å². The van der Waals surface area contributed by atoms with Crippen LogP contribution in [0.2, 0.25) is 0 Å². The van der Waals surface area contributed by atoms with E-state index in [1.54, 1.807) is 36.0 Å². The first-order chi connectivity index (χ1) is 12.1. The van der Waals surface area contributed by atoms with Gasteiger partial charge in [0.05, 0.1) is 17.5 Å². The van der Waals surface area contributed by atoms with Crippen molar-refractivity contribution in [2.24, 2.45) is 5.92 Å². The van der Waals surface area contributed by atoms with Gasteiger partial charge < -0.3 is 5.32 Å². The molecule has 3 atom stereocenters. The van der Waals surface area contributed by atoms with Gasteiger partial charge >= 0.3 is 0 Å². The van der Waals surface area contributed by atoms with Gasteiger partial charge in [-0.15, -0.1) is 11.8 Å². The minimum atomic E-state index is -0.306. The molecular weight excluding hydrogens is 342 g/mol. The van der Waals surface area contributed by atoms with Crippen LogP contribution in [0.15, 0.2) is 53.9 Å². The first-order valence-corrected chi connectivity index (χ1v) is 8.97. The van der Waals surface area contributed by atoms with E-state index in [1.807, 2.05) is 5.41 Å². The standard InChI is InChI=1S/C19H16F2N2OS/c20-13-5-1-11(2-6-13)9-16-22-18(24)17-15(10-25-19(17)23-16)12-3-7-14(21)8-4-12/h1-8,10,16-17,19,23H,9H2,(H,22,24). The number of thioether (sulfide) groups is 1. The number of fused-ring (bicyclic) bond motifs is 1. The molecule has 6 heteroatoms. The molecule has 3 unspecified atom stereocenters. The van der Waals surface area contributed by atoms with E-state index >= 15 is 0 Å². The lowest BCUT2D eigenvalue weighted by molar-refractivity contribution is -0.126. The van der Waals surface area contributed by atoms with Crippen LogP contribution < -0.4 is 10.6 Å². The Kier molecular flexibility index (Phi) is 4.31. The summed E-state index contributed by atoms with van der Waals surface area (Å²) in [5, 5.41) is 8.33. The molecule has 0 saturated carbocycles. The van der Waals surface area contributed by atoms with Gasteiger partial charge in [-0.2, -0.15) is 0 Å². The maximum Gasteiger partial charge on any atom is 0.231 e. The number of nitrogens with one attached hydrogen (secondary N) is 2. The van der Waals surface area contributed by atoms with Crippen LogP contribution in [-0.4, -0.2) is 17.4 Å². The van der Waals surface area contributed by atoms with Gasteiger partial charge in [0, 0.05) is 6.42 Å². The van der Waals surface area contributed by atoms with Gasteiger partial charge in [-0.1, -0.05) is 24.3 Å². The average Bonchev–Trinajstić information content (AvgIpc) is 3.02. The molecule has 2 aliphatic heterocycles. The van der Waals surface area contributed by atoms with Gasteiger partial charge in [-0.05, 0) is 46.4 Å². The van der Waals surface area contributed by atoms with E-state index in [-0.39, 0.29) is 35.0 Å². The third-order valence-electron chi connectivity index (χ3n) is 4.47. The molecule has 1 fully saturated rings. The maximum atomic E-state index is 13.1. The van der Waals surface area contributed by atoms with Crippen LogP contribution in [0.25, 0.3) is 5.57 Å². The number of halogens is 2. The Morgan fingerprint density at radius 2 is 1.60 bits per heavy atom. The molecule has 2 aliphatic rings. The van der Waals surface area contributed by atoms with Crippen LogP contribution in [0.1, 0.15) is 11.1 Å². The molecule has 2 heterocycles. The third-order valence-corrected chi connectivity index (χ3v) is 5.57. The van der Waals surface area contributed by atoms with E-state index in [2.05, 4.69) is 10.6 Å². The molecule has 1 saturated heterocycles. The molecule has 1 amide bonds. The van der Waals surface area contributed by atoms with Gasteiger partial charge in [0.1, 0.15) is 11.6 Å². The lowest BCUT2D eigenvalue weighted by Crippen LogP contribution is -2.60. The Morgan fingerprint density at radius 3 is 2.28 bits per heavy atom. The van der Waals surface area contributed by atoms with Gasteiger partial charge in [-0.25, -0.2) is 8.78 Å². The fourth-order valence-corrected chi connectivity index (χ4v) is 4.48. The van der Waals surface area contributed by atoms with Crippen molar-refractivity contribution in [2.45, 2.75) is 18.0 Å². The molecule has 0 bridgehead atoms. The largest absolute Gasteiger partial charge is 0.340 e. The molecule has 4 rings (SSSR count). The van der Waals surface area contributed by atoms with Crippen molar-refractivity contribution in [1.29, 1.82) is 0 Å². The second kappa shape index (κ2) is 6.61. The highest BCUT2D eigenvalue weighted by molar-refractivity contribution is 8.03. The number of hydrogen-bond acceptors (Lipinski definition) is 3. The Hall–Kier alpha value is -2.18. The summed E-state index contributed by atoms with van der Waals surface area (Å²) in [6, 6.07) is 12.5. The third kappa shape index (κ3) is 3.32. The van der Waals surface area contributed by atoms with Crippen LogP contribution in [0.4, 0.5) is 8.78 Å². The molecule has 0 aromatic heterocycles. The number of amides is 1. The molecule has 2 N–H and O–H groups in total.